The van der Waals surface area contributed by atoms with Gasteiger partial charge in [0.1, 0.15) is 5.54 Å². The van der Waals surface area contributed by atoms with Gasteiger partial charge in [0.15, 0.2) is 5.16 Å². The number of ether oxygens (including phenoxy) is 1. The average Bonchev–Trinajstić information content (AvgIpc) is 3.57. The molecule has 1 atom stereocenters. The summed E-state index contributed by atoms with van der Waals surface area (Å²) in [7, 11) is 1.29. The number of para-hydroxylation sites is 1. The molecule has 1 N–H and O–H groups in total. The number of methoxy groups -OCH3 is 1. The summed E-state index contributed by atoms with van der Waals surface area (Å²) in [6, 6.07) is 9.12. The Morgan fingerprint density at radius 3 is 2.79 bits per heavy atom. The van der Waals surface area contributed by atoms with Gasteiger partial charge in [0.2, 0.25) is 5.91 Å². The van der Waals surface area contributed by atoms with Crippen LogP contribution < -0.4 is 10.9 Å². The highest BCUT2D eigenvalue weighted by Gasteiger charge is 2.42. The summed E-state index contributed by atoms with van der Waals surface area (Å²) in [4.78, 5) is 41.3. The fraction of sp³-hybridized carbons (Fsp3) is 0.450. The standard InChI is InChI=1S/C20H22N4O4S/c1-20(12-21,13-7-8-13)23-16(25)11-29-19-22-15-6-4-3-5-14(15)18(27)24(19)10-9-17(26)28-2/h3-6,13H,7-11H2,1-2H3,(H,23,25)/t20-/m0/s1. The van der Waals surface area contributed by atoms with E-state index in [2.05, 4.69) is 21.1 Å². The monoisotopic (exact) mass is 414 g/mol. The number of nitrogens with zero attached hydrogens (tertiary/aromatic N) is 3. The van der Waals surface area contributed by atoms with E-state index < -0.39 is 11.5 Å². The summed E-state index contributed by atoms with van der Waals surface area (Å²) in [6.45, 7) is 1.83. The Hall–Kier alpha value is -2.86. The molecule has 1 aromatic heterocycles. The number of carbonyl (C=O) groups is 2. The number of esters is 1. The minimum absolute atomic E-state index is 0.00694. The van der Waals surface area contributed by atoms with Gasteiger partial charge in [0.05, 0.1) is 36.3 Å². The normalized spacial score (nSPS) is 15.3. The maximum atomic E-state index is 12.9. The fourth-order valence-corrected chi connectivity index (χ4v) is 3.92. The summed E-state index contributed by atoms with van der Waals surface area (Å²) in [5.41, 5.74) is -0.629. The van der Waals surface area contributed by atoms with E-state index in [-0.39, 0.29) is 36.1 Å². The largest absolute Gasteiger partial charge is 0.469 e. The summed E-state index contributed by atoms with van der Waals surface area (Å²) in [6.07, 6.45) is 1.87. The van der Waals surface area contributed by atoms with Crippen LogP contribution in [0.15, 0.2) is 34.2 Å². The van der Waals surface area contributed by atoms with Crippen molar-refractivity contribution in [1.82, 2.24) is 14.9 Å². The van der Waals surface area contributed by atoms with Gasteiger partial charge in [-0.2, -0.15) is 5.26 Å². The molecule has 0 aliphatic heterocycles. The third kappa shape index (κ3) is 4.77. The average molecular weight is 414 g/mol. The second-order valence-electron chi connectivity index (χ2n) is 7.12. The van der Waals surface area contributed by atoms with Gasteiger partial charge in [-0.15, -0.1) is 0 Å². The van der Waals surface area contributed by atoms with E-state index in [0.29, 0.717) is 16.1 Å². The lowest BCUT2D eigenvalue weighted by atomic mass is 9.98. The number of rotatable bonds is 8. The zero-order valence-corrected chi connectivity index (χ0v) is 17.1. The molecule has 3 rings (SSSR count). The molecule has 8 nitrogen and oxygen atoms in total. The molecule has 152 valence electrons. The van der Waals surface area contributed by atoms with Gasteiger partial charge < -0.3 is 10.1 Å². The van der Waals surface area contributed by atoms with Crippen LogP contribution in [0.3, 0.4) is 0 Å². The van der Waals surface area contributed by atoms with Crippen LogP contribution in [-0.2, 0) is 20.9 Å². The van der Waals surface area contributed by atoms with Gasteiger partial charge in [0.25, 0.3) is 5.56 Å². The first-order valence-corrected chi connectivity index (χ1v) is 10.3. The molecule has 1 aromatic carbocycles. The van der Waals surface area contributed by atoms with Crippen LogP contribution in [-0.4, -0.2) is 39.8 Å². The Morgan fingerprint density at radius 2 is 2.14 bits per heavy atom. The van der Waals surface area contributed by atoms with E-state index in [1.165, 1.54) is 11.7 Å². The number of hydrogen-bond acceptors (Lipinski definition) is 7. The number of nitrogens with one attached hydrogen (secondary N) is 1. The van der Waals surface area contributed by atoms with Crippen molar-refractivity contribution >= 4 is 34.5 Å². The van der Waals surface area contributed by atoms with Crippen molar-refractivity contribution in [1.29, 1.82) is 5.26 Å². The fourth-order valence-electron chi connectivity index (χ4n) is 3.10. The van der Waals surface area contributed by atoms with Gasteiger partial charge in [-0.05, 0) is 37.8 Å². The molecule has 2 aromatic rings. The van der Waals surface area contributed by atoms with E-state index in [1.54, 1.807) is 31.2 Å². The number of amides is 1. The minimum atomic E-state index is -0.876. The summed E-state index contributed by atoms with van der Waals surface area (Å²) < 4.78 is 6.05. The quantitative estimate of drug-likeness (QED) is 0.398. The number of fused-ring (bicyclic) bond motifs is 1. The number of benzene rings is 1. The topological polar surface area (TPSA) is 114 Å². The van der Waals surface area contributed by atoms with Crippen molar-refractivity contribution in [3.05, 3.63) is 34.6 Å². The number of nitriles is 1. The second kappa shape index (κ2) is 8.66. The van der Waals surface area contributed by atoms with Crippen LogP contribution in [0.4, 0.5) is 0 Å². The molecule has 1 heterocycles. The lowest BCUT2D eigenvalue weighted by Crippen LogP contribution is -2.47. The Kier molecular flexibility index (Phi) is 6.23. The van der Waals surface area contributed by atoms with E-state index in [1.807, 2.05) is 0 Å². The molecule has 1 saturated carbocycles. The molecule has 0 unspecified atom stereocenters. The molecule has 1 fully saturated rings. The molecule has 0 radical (unpaired) electrons. The maximum absolute atomic E-state index is 12.9. The number of aromatic nitrogens is 2. The van der Waals surface area contributed by atoms with Crippen LogP contribution in [0.5, 0.6) is 0 Å². The highest BCUT2D eigenvalue weighted by Crippen LogP contribution is 2.39. The third-order valence-electron chi connectivity index (χ3n) is 4.95. The maximum Gasteiger partial charge on any atom is 0.307 e. The van der Waals surface area contributed by atoms with Crippen molar-refractivity contribution in [2.24, 2.45) is 5.92 Å². The Bertz CT molecular complexity index is 1040. The summed E-state index contributed by atoms with van der Waals surface area (Å²) >= 11 is 1.11. The first-order chi connectivity index (χ1) is 13.9. The SMILES string of the molecule is COC(=O)CCn1c(SCC(=O)N[C@@](C)(C#N)C2CC2)nc2ccccc2c1=O. The van der Waals surface area contributed by atoms with E-state index in [9.17, 15) is 19.6 Å². The molecular formula is C20H22N4O4S. The van der Waals surface area contributed by atoms with Crippen LogP contribution in [0.1, 0.15) is 26.2 Å². The molecule has 1 aliphatic carbocycles. The van der Waals surface area contributed by atoms with E-state index in [0.717, 1.165) is 24.6 Å². The van der Waals surface area contributed by atoms with Crippen LogP contribution in [0.25, 0.3) is 10.9 Å². The van der Waals surface area contributed by atoms with Crippen molar-refractivity contribution < 1.29 is 14.3 Å². The zero-order chi connectivity index (χ0) is 21.0. The molecule has 9 heteroatoms. The van der Waals surface area contributed by atoms with Gasteiger partial charge >= 0.3 is 5.97 Å². The van der Waals surface area contributed by atoms with Crippen LogP contribution in [0.2, 0.25) is 0 Å². The molecule has 1 amide bonds. The van der Waals surface area contributed by atoms with E-state index in [4.69, 9.17) is 0 Å². The highest BCUT2D eigenvalue weighted by atomic mass is 32.2. The first kappa shape index (κ1) is 20.9. The van der Waals surface area contributed by atoms with Crippen molar-refractivity contribution in [3.8, 4) is 6.07 Å². The second-order valence-corrected chi connectivity index (χ2v) is 8.06. The van der Waals surface area contributed by atoms with Crippen molar-refractivity contribution in [2.75, 3.05) is 12.9 Å². The predicted molar refractivity (Wildman–Crippen MR) is 108 cm³/mol. The Labute approximate surface area is 172 Å². The van der Waals surface area contributed by atoms with Crippen LogP contribution in [0, 0.1) is 17.2 Å². The van der Waals surface area contributed by atoms with Gasteiger partial charge in [-0.25, -0.2) is 4.98 Å². The molecule has 29 heavy (non-hydrogen) atoms. The van der Waals surface area contributed by atoms with Crippen molar-refractivity contribution in [3.63, 3.8) is 0 Å². The lowest BCUT2D eigenvalue weighted by molar-refractivity contribution is -0.140. The number of thioether (sulfide) groups is 1. The van der Waals surface area contributed by atoms with Crippen LogP contribution >= 0.6 is 11.8 Å². The van der Waals surface area contributed by atoms with Gasteiger partial charge in [0, 0.05) is 6.54 Å². The zero-order valence-electron chi connectivity index (χ0n) is 16.3. The molecular weight excluding hydrogens is 392 g/mol. The Balaban J connectivity index is 1.81. The summed E-state index contributed by atoms with van der Waals surface area (Å²) in [5, 5.41) is 13.0. The molecule has 0 spiro atoms. The van der Waals surface area contributed by atoms with E-state index >= 15 is 0 Å². The first-order valence-electron chi connectivity index (χ1n) is 9.29. The number of carbonyl (C=O) groups excluding carboxylic acids is 2. The predicted octanol–water partition coefficient (Wildman–Crippen LogP) is 1.86. The third-order valence-corrected chi connectivity index (χ3v) is 5.93. The number of hydrogen-bond donors (Lipinski definition) is 1. The smallest absolute Gasteiger partial charge is 0.307 e. The summed E-state index contributed by atoms with van der Waals surface area (Å²) in [5.74, 6) is -0.549. The van der Waals surface area contributed by atoms with Crippen molar-refractivity contribution in [2.45, 2.75) is 43.4 Å². The molecule has 0 saturated heterocycles. The lowest BCUT2D eigenvalue weighted by Gasteiger charge is -2.22. The Morgan fingerprint density at radius 1 is 1.41 bits per heavy atom. The molecule has 1 aliphatic rings. The molecule has 0 bridgehead atoms. The van der Waals surface area contributed by atoms with Gasteiger partial charge in [-0.1, -0.05) is 23.9 Å². The minimum Gasteiger partial charge on any atom is -0.469 e. The van der Waals surface area contributed by atoms with Gasteiger partial charge in [-0.3, -0.25) is 19.0 Å². The highest BCUT2D eigenvalue weighted by molar-refractivity contribution is 7.99.